The molecule has 18 heavy (non-hydrogen) atoms. The van der Waals surface area contributed by atoms with Crippen LogP contribution in [0.4, 0.5) is 0 Å². The molecule has 0 aromatic carbocycles. The Morgan fingerprint density at radius 2 is 1.78 bits per heavy atom. The van der Waals surface area contributed by atoms with Crippen molar-refractivity contribution in [3.63, 3.8) is 0 Å². The third-order valence-corrected chi connectivity index (χ3v) is 3.13. The highest BCUT2D eigenvalue weighted by molar-refractivity contribution is 5.85. The highest BCUT2D eigenvalue weighted by Gasteiger charge is 2.20. The molecule has 0 aromatic rings. The normalized spacial score (nSPS) is 16.4. The Morgan fingerprint density at radius 3 is 2.28 bits per heavy atom. The van der Waals surface area contributed by atoms with E-state index < -0.39 is 0 Å². The Bertz CT molecular complexity index is 288. The van der Waals surface area contributed by atoms with E-state index in [1.54, 1.807) is 19.0 Å². The molecule has 6 heteroatoms. The van der Waals surface area contributed by atoms with Crippen LogP contribution in [0.25, 0.3) is 0 Å². The number of nitrogens with zero attached hydrogens (tertiary/aromatic N) is 3. The van der Waals surface area contributed by atoms with Gasteiger partial charge in [-0.3, -0.25) is 14.5 Å². The number of nitrogens with one attached hydrogen (secondary N) is 1. The molecule has 0 unspecified atom stereocenters. The van der Waals surface area contributed by atoms with Crippen molar-refractivity contribution in [2.75, 3.05) is 59.9 Å². The van der Waals surface area contributed by atoms with Gasteiger partial charge in [-0.05, 0) is 6.92 Å². The molecule has 2 amide bonds. The molecule has 0 aromatic heterocycles. The van der Waals surface area contributed by atoms with Crippen LogP contribution in [0.3, 0.4) is 0 Å². The largest absolute Gasteiger partial charge is 0.347 e. The zero-order chi connectivity index (χ0) is 13.5. The number of rotatable bonds is 5. The summed E-state index contributed by atoms with van der Waals surface area (Å²) in [6, 6.07) is 0. The first kappa shape index (κ1) is 14.9. The van der Waals surface area contributed by atoms with Gasteiger partial charge in [-0.2, -0.15) is 0 Å². The molecule has 1 aliphatic rings. The molecular formula is C12H24N4O2. The Labute approximate surface area is 109 Å². The van der Waals surface area contributed by atoms with Crippen LogP contribution in [0.15, 0.2) is 0 Å². The van der Waals surface area contributed by atoms with E-state index in [1.165, 1.54) is 4.90 Å². The first-order valence-electron chi connectivity index (χ1n) is 6.45. The lowest BCUT2D eigenvalue weighted by molar-refractivity contribution is -0.139. The molecule has 0 aliphatic carbocycles. The zero-order valence-corrected chi connectivity index (χ0v) is 11.6. The molecule has 1 rings (SSSR count). The van der Waals surface area contributed by atoms with Crippen LogP contribution < -0.4 is 5.32 Å². The predicted molar refractivity (Wildman–Crippen MR) is 70.3 cm³/mol. The second kappa shape index (κ2) is 7.33. The summed E-state index contributed by atoms with van der Waals surface area (Å²) in [5.74, 6) is 0.000103. The zero-order valence-electron chi connectivity index (χ0n) is 11.6. The van der Waals surface area contributed by atoms with Gasteiger partial charge in [0.1, 0.15) is 0 Å². The fraction of sp³-hybridized carbons (Fsp3) is 0.833. The van der Waals surface area contributed by atoms with Crippen molar-refractivity contribution in [2.24, 2.45) is 0 Å². The second-order valence-electron chi connectivity index (χ2n) is 4.72. The van der Waals surface area contributed by atoms with Gasteiger partial charge >= 0.3 is 0 Å². The van der Waals surface area contributed by atoms with Crippen LogP contribution in [0, 0.1) is 0 Å². The fourth-order valence-electron chi connectivity index (χ4n) is 1.84. The minimum Gasteiger partial charge on any atom is -0.347 e. The van der Waals surface area contributed by atoms with Gasteiger partial charge in [0, 0.05) is 46.8 Å². The quantitative estimate of drug-likeness (QED) is 0.673. The maximum absolute atomic E-state index is 12.1. The van der Waals surface area contributed by atoms with E-state index in [2.05, 4.69) is 10.2 Å². The topological polar surface area (TPSA) is 55.9 Å². The number of amides is 2. The number of likely N-dealkylation sites (N-methyl/N-ethyl adjacent to an activating group) is 2. The molecule has 0 radical (unpaired) electrons. The summed E-state index contributed by atoms with van der Waals surface area (Å²) in [5.41, 5.74) is 0. The van der Waals surface area contributed by atoms with Crippen molar-refractivity contribution in [1.29, 1.82) is 0 Å². The van der Waals surface area contributed by atoms with Crippen LogP contribution in [-0.2, 0) is 9.59 Å². The van der Waals surface area contributed by atoms with Gasteiger partial charge in [0.2, 0.25) is 11.8 Å². The number of carbonyl (C=O) groups is 2. The standard InChI is InChI=1S/C12H24N4O2/c1-4-16(10-11(17)14(2)3)12(18)9-15-7-5-13-6-8-15/h13H,4-10H2,1-3H3. The van der Waals surface area contributed by atoms with Gasteiger partial charge in [0.15, 0.2) is 0 Å². The maximum atomic E-state index is 12.1. The Balaban J connectivity index is 2.43. The predicted octanol–water partition coefficient (Wildman–Crippen LogP) is -1.17. The van der Waals surface area contributed by atoms with E-state index in [4.69, 9.17) is 0 Å². The summed E-state index contributed by atoms with van der Waals surface area (Å²) in [7, 11) is 3.41. The number of hydrogen-bond donors (Lipinski definition) is 1. The van der Waals surface area contributed by atoms with Crippen molar-refractivity contribution in [3.05, 3.63) is 0 Å². The summed E-state index contributed by atoms with van der Waals surface area (Å²) in [5, 5.41) is 3.25. The average Bonchev–Trinajstić information content (AvgIpc) is 2.36. The summed E-state index contributed by atoms with van der Waals surface area (Å²) in [4.78, 5) is 29.0. The van der Waals surface area contributed by atoms with Crippen molar-refractivity contribution in [2.45, 2.75) is 6.92 Å². The van der Waals surface area contributed by atoms with E-state index >= 15 is 0 Å². The lowest BCUT2D eigenvalue weighted by Gasteiger charge is -2.29. The summed E-state index contributed by atoms with van der Waals surface area (Å²) < 4.78 is 0. The third kappa shape index (κ3) is 4.62. The van der Waals surface area contributed by atoms with Gasteiger partial charge in [0.05, 0.1) is 13.1 Å². The van der Waals surface area contributed by atoms with E-state index in [9.17, 15) is 9.59 Å². The van der Waals surface area contributed by atoms with E-state index in [-0.39, 0.29) is 18.4 Å². The Kier molecular flexibility index (Phi) is 6.07. The molecule has 1 saturated heterocycles. The van der Waals surface area contributed by atoms with Crippen LogP contribution >= 0.6 is 0 Å². The SMILES string of the molecule is CCN(CC(=O)N(C)C)C(=O)CN1CCNCC1. The molecule has 6 nitrogen and oxygen atoms in total. The molecule has 1 N–H and O–H groups in total. The van der Waals surface area contributed by atoms with Gasteiger partial charge in [0.25, 0.3) is 0 Å². The minimum atomic E-state index is -0.0366. The molecule has 1 heterocycles. The van der Waals surface area contributed by atoms with Crippen LogP contribution in [0.2, 0.25) is 0 Å². The number of carbonyl (C=O) groups excluding carboxylic acids is 2. The first-order valence-corrected chi connectivity index (χ1v) is 6.45. The first-order chi connectivity index (χ1) is 8.54. The van der Waals surface area contributed by atoms with E-state index in [0.29, 0.717) is 13.1 Å². The van der Waals surface area contributed by atoms with Crippen molar-refractivity contribution < 1.29 is 9.59 Å². The molecule has 0 atom stereocenters. The lowest BCUT2D eigenvalue weighted by atomic mass is 10.3. The number of piperazine rings is 1. The number of hydrogen-bond acceptors (Lipinski definition) is 4. The van der Waals surface area contributed by atoms with Crippen LogP contribution in [-0.4, -0.2) is 86.4 Å². The molecule has 0 spiro atoms. The molecule has 0 saturated carbocycles. The lowest BCUT2D eigenvalue weighted by Crippen LogP contribution is -2.49. The van der Waals surface area contributed by atoms with Gasteiger partial charge in [-0.15, -0.1) is 0 Å². The monoisotopic (exact) mass is 256 g/mol. The van der Waals surface area contributed by atoms with Gasteiger partial charge < -0.3 is 15.1 Å². The summed E-state index contributed by atoms with van der Waals surface area (Å²) in [6.07, 6.45) is 0. The highest BCUT2D eigenvalue weighted by atomic mass is 16.2. The van der Waals surface area contributed by atoms with Crippen molar-refractivity contribution >= 4 is 11.8 Å². The van der Waals surface area contributed by atoms with Crippen LogP contribution in [0.5, 0.6) is 0 Å². The Hall–Kier alpha value is -1.14. The van der Waals surface area contributed by atoms with Gasteiger partial charge in [-0.1, -0.05) is 0 Å². The Morgan fingerprint density at radius 1 is 1.17 bits per heavy atom. The van der Waals surface area contributed by atoms with E-state index in [0.717, 1.165) is 26.2 Å². The minimum absolute atomic E-state index is 0.0366. The third-order valence-electron chi connectivity index (χ3n) is 3.13. The second-order valence-corrected chi connectivity index (χ2v) is 4.72. The molecular weight excluding hydrogens is 232 g/mol. The van der Waals surface area contributed by atoms with Gasteiger partial charge in [-0.25, -0.2) is 0 Å². The highest BCUT2D eigenvalue weighted by Crippen LogP contribution is 1.97. The van der Waals surface area contributed by atoms with Crippen LogP contribution in [0.1, 0.15) is 6.92 Å². The average molecular weight is 256 g/mol. The smallest absolute Gasteiger partial charge is 0.241 e. The molecule has 1 aliphatic heterocycles. The van der Waals surface area contributed by atoms with Crippen molar-refractivity contribution in [1.82, 2.24) is 20.0 Å². The molecule has 1 fully saturated rings. The molecule has 104 valence electrons. The summed E-state index contributed by atoms with van der Waals surface area (Å²) >= 11 is 0. The molecule has 0 bridgehead atoms. The summed E-state index contributed by atoms with van der Waals surface area (Å²) in [6.45, 7) is 6.70. The fourth-order valence-corrected chi connectivity index (χ4v) is 1.84. The maximum Gasteiger partial charge on any atom is 0.241 e. The van der Waals surface area contributed by atoms with E-state index in [1.807, 2.05) is 6.92 Å². The van der Waals surface area contributed by atoms with Crippen molar-refractivity contribution in [3.8, 4) is 0 Å².